The lowest BCUT2D eigenvalue weighted by atomic mass is 10.1. The molecule has 1 amide bonds. The van der Waals surface area contributed by atoms with Crippen LogP contribution in [-0.4, -0.2) is 17.3 Å². The van der Waals surface area contributed by atoms with Crippen LogP contribution < -0.4 is 5.32 Å². The Morgan fingerprint density at radius 1 is 1.33 bits per heavy atom. The van der Waals surface area contributed by atoms with Crippen LogP contribution in [0.25, 0.3) is 11.3 Å². The minimum absolute atomic E-state index is 0.310. The first-order chi connectivity index (χ1) is 8.56. The van der Waals surface area contributed by atoms with Crippen LogP contribution in [-0.2, 0) is 4.79 Å². The van der Waals surface area contributed by atoms with Crippen LogP contribution in [0.1, 0.15) is 5.89 Å². The molecule has 2 rings (SSSR count). The molecule has 0 atom stereocenters. The molecule has 0 spiro atoms. The summed E-state index contributed by atoms with van der Waals surface area (Å²) in [6, 6.07) is 6.38. The molecule has 1 aromatic heterocycles. The van der Waals surface area contributed by atoms with Gasteiger partial charge in [0.25, 0.3) is 5.91 Å². The first kappa shape index (κ1) is 12.2. The number of hydrogen-bond donors (Lipinski definition) is 1. The van der Waals surface area contributed by atoms with Gasteiger partial charge in [0.1, 0.15) is 12.0 Å². The van der Waals surface area contributed by atoms with Crippen molar-refractivity contribution in [3.8, 4) is 11.3 Å². The van der Waals surface area contributed by atoms with E-state index in [4.69, 9.17) is 4.42 Å². The van der Waals surface area contributed by atoms with Crippen molar-refractivity contribution in [1.82, 2.24) is 4.98 Å². The highest BCUT2D eigenvalue weighted by molar-refractivity contribution is 5.93. The van der Waals surface area contributed by atoms with E-state index < -0.39 is 12.3 Å². The molecule has 94 valence electrons. The lowest BCUT2D eigenvalue weighted by Crippen LogP contribution is -2.19. The number of nitrogens with zero attached hydrogens (tertiary/aromatic N) is 1. The number of alkyl halides is 2. The monoisotopic (exact) mass is 252 g/mol. The Balaban J connectivity index is 2.13. The second kappa shape index (κ2) is 4.95. The van der Waals surface area contributed by atoms with E-state index in [1.807, 2.05) is 0 Å². The predicted molar refractivity (Wildman–Crippen MR) is 61.3 cm³/mol. The second-order valence-corrected chi connectivity index (χ2v) is 3.62. The molecule has 1 aromatic carbocycles. The van der Waals surface area contributed by atoms with E-state index in [1.54, 1.807) is 19.1 Å². The topological polar surface area (TPSA) is 55.1 Å². The molecular weight excluding hydrogens is 242 g/mol. The van der Waals surface area contributed by atoms with Gasteiger partial charge < -0.3 is 9.73 Å². The van der Waals surface area contributed by atoms with Gasteiger partial charge in [-0.05, 0) is 12.1 Å². The van der Waals surface area contributed by atoms with Crippen LogP contribution in [0.5, 0.6) is 0 Å². The van der Waals surface area contributed by atoms with E-state index in [0.29, 0.717) is 17.3 Å². The Bertz CT molecular complexity index is 549. The van der Waals surface area contributed by atoms with Crippen LogP contribution in [0.2, 0.25) is 0 Å². The van der Waals surface area contributed by atoms with Crippen LogP contribution in [0.4, 0.5) is 14.5 Å². The van der Waals surface area contributed by atoms with Crippen molar-refractivity contribution in [2.45, 2.75) is 13.3 Å². The number of rotatable bonds is 3. The summed E-state index contributed by atoms with van der Waals surface area (Å²) in [6.45, 7) is 1.72. The van der Waals surface area contributed by atoms with Gasteiger partial charge in [-0.3, -0.25) is 4.79 Å². The number of aromatic nitrogens is 1. The first-order valence-corrected chi connectivity index (χ1v) is 5.18. The largest absolute Gasteiger partial charge is 0.449 e. The zero-order chi connectivity index (χ0) is 13.1. The number of halogens is 2. The van der Waals surface area contributed by atoms with E-state index in [-0.39, 0.29) is 0 Å². The Morgan fingerprint density at radius 3 is 2.50 bits per heavy atom. The zero-order valence-corrected chi connectivity index (χ0v) is 9.48. The van der Waals surface area contributed by atoms with Crippen molar-refractivity contribution in [1.29, 1.82) is 0 Å². The number of hydrogen-bond acceptors (Lipinski definition) is 3. The fraction of sp³-hybridized carbons (Fsp3) is 0.167. The van der Waals surface area contributed by atoms with Gasteiger partial charge in [0.05, 0.1) is 0 Å². The molecule has 18 heavy (non-hydrogen) atoms. The molecule has 0 fully saturated rings. The number of carbonyl (C=O) groups excluding carboxylic acids is 1. The van der Waals surface area contributed by atoms with Crippen LogP contribution in [0.15, 0.2) is 34.9 Å². The quantitative estimate of drug-likeness (QED) is 0.913. The molecule has 0 saturated heterocycles. The van der Waals surface area contributed by atoms with Gasteiger partial charge in [-0.15, -0.1) is 0 Å². The highest BCUT2D eigenvalue weighted by atomic mass is 19.3. The molecule has 1 heterocycles. The molecule has 2 aromatic rings. The maximum atomic E-state index is 12.0. The molecule has 0 aliphatic rings. The lowest BCUT2D eigenvalue weighted by molar-refractivity contribution is -0.126. The summed E-state index contributed by atoms with van der Waals surface area (Å²) in [5.41, 5.74) is 1.74. The third-order valence-electron chi connectivity index (χ3n) is 2.27. The average Bonchev–Trinajstić information content (AvgIpc) is 2.76. The van der Waals surface area contributed by atoms with Crippen LogP contribution in [0, 0.1) is 6.92 Å². The van der Waals surface area contributed by atoms with Gasteiger partial charge in [0, 0.05) is 18.2 Å². The third-order valence-corrected chi connectivity index (χ3v) is 2.27. The molecular formula is C12H10F2N2O2. The second-order valence-electron chi connectivity index (χ2n) is 3.62. The number of amides is 1. The smallest absolute Gasteiger partial charge is 0.315 e. The summed E-state index contributed by atoms with van der Waals surface area (Å²) < 4.78 is 29.1. The molecule has 0 saturated carbocycles. The number of anilines is 1. The summed E-state index contributed by atoms with van der Waals surface area (Å²) >= 11 is 0. The van der Waals surface area contributed by atoms with Crippen molar-refractivity contribution in [3.05, 3.63) is 36.4 Å². The van der Waals surface area contributed by atoms with E-state index in [2.05, 4.69) is 10.3 Å². The number of oxazole rings is 1. The van der Waals surface area contributed by atoms with Gasteiger partial charge >= 0.3 is 6.43 Å². The maximum Gasteiger partial charge on any atom is 0.315 e. The normalized spacial score (nSPS) is 10.7. The molecule has 6 heteroatoms. The summed E-state index contributed by atoms with van der Waals surface area (Å²) in [4.78, 5) is 14.9. The van der Waals surface area contributed by atoms with Crippen molar-refractivity contribution in [2.75, 3.05) is 5.32 Å². The van der Waals surface area contributed by atoms with E-state index in [0.717, 1.165) is 5.56 Å². The first-order valence-electron chi connectivity index (χ1n) is 5.18. The SMILES string of the molecule is Cc1nc(-c2ccc(NC(=O)C(F)F)cc2)co1. The Hall–Kier alpha value is -2.24. The highest BCUT2D eigenvalue weighted by Gasteiger charge is 2.14. The molecule has 0 radical (unpaired) electrons. The van der Waals surface area contributed by atoms with E-state index in [1.165, 1.54) is 18.4 Å². The molecule has 1 N–H and O–H groups in total. The molecule has 0 bridgehead atoms. The van der Waals surface area contributed by atoms with E-state index >= 15 is 0 Å². The molecule has 0 aliphatic heterocycles. The standard InChI is InChI=1S/C12H10F2N2O2/c1-7-15-10(6-18-7)8-2-4-9(5-3-8)16-12(17)11(13)14/h2-6,11H,1H3,(H,16,17). The van der Waals surface area contributed by atoms with Gasteiger partial charge in [-0.25, -0.2) is 4.98 Å². The minimum Gasteiger partial charge on any atom is -0.449 e. The Morgan fingerprint density at radius 2 is 2.00 bits per heavy atom. The zero-order valence-electron chi connectivity index (χ0n) is 9.48. The van der Waals surface area contributed by atoms with Gasteiger partial charge in [-0.2, -0.15) is 8.78 Å². The summed E-state index contributed by atoms with van der Waals surface area (Å²) in [6.07, 6.45) is -1.52. The Labute approximate surface area is 102 Å². The fourth-order valence-corrected chi connectivity index (χ4v) is 1.42. The fourth-order valence-electron chi connectivity index (χ4n) is 1.42. The van der Waals surface area contributed by atoms with Crippen LogP contribution in [0.3, 0.4) is 0 Å². The number of nitrogens with one attached hydrogen (secondary N) is 1. The molecule has 0 aliphatic carbocycles. The summed E-state index contributed by atoms with van der Waals surface area (Å²) in [5, 5.41) is 2.09. The summed E-state index contributed by atoms with van der Waals surface area (Å²) in [7, 11) is 0. The number of carbonyl (C=O) groups is 1. The average molecular weight is 252 g/mol. The van der Waals surface area contributed by atoms with Crippen molar-refractivity contribution in [3.63, 3.8) is 0 Å². The molecule has 0 unspecified atom stereocenters. The Kier molecular flexibility index (Phi) is 3.36. The summed E-state index contributed by atoms with van der Waals surface area (Å²) in [5.74, 6) is -0.778. The number of benzene rings is 1. The number of aryl methyl sites for hydroxylation is 1. The highest BCUT2D eigenvalue weighted by Crippen LogP contribution is 2.20. The van der Waals surface area contributed by atoms with Gasteiger partial charge in [-0.1, -0.05) is 12.1 Å². The lowest BCUT2D eigenvalue weighted by Gasteiger charge is -2.04. The van der Waals surface area contributed by atoms with Crippen molar-refractivity contribution < 1.29 is 18.0 Å². The van der Waals surface area contributed by atoms with Crippen molar-refractivity contribution in [2.24, 2.45) is 0 Å². The van der Waals surface area contributed by atoms with Gasteiger partial charge in [0.2, 0.25) is 0 Å². The maximum absolute atomic E-state index is 12.0. The van der Waals surface area contributed by atoms with Crippen molar-refractivity contribution >= 4 is 11.6 Å². The minimum atomic E-state index is -3.03. The van der Waals surface area contributed by atoms with E-state index in [9.17, 15) is 13.6 Å². The van der Waals surface area contributed by atoms with Crippen LogP contribution >= 0.6 is 0 Å². The third kappa shape index (κ3) is 2.71. The predicted octanol–water partition coefficient (Wildman–Crippen LogP) is 2.85. The molecule has 4 nitrogen and oxygen atoms in total. The van der Waals surface area contributed by atoms with Gasteiger partial charge in [0.15, 0.2) is 5.89 Å².